The Bertz CT molecular complexity index is 719. The Balaban J connectivity index is 2.61. The van der Waals surface area contributed by atoms with Gasteiger partial charge in [0, 0.05) is 12.0 Å². The van der Waals surface area contributed by atoms with Gasteiger partial charge in [-0.2, -0.15) is 18.4 Å². The molecule has 1 N–H and O–H groups in total. The molecular formula is C15H11F3N2O3. The van der Waals surface area contributed by atoms with E-state index in [2.05, 4.69) is 0 Å². The predicted molar refractivity (Wildman–Crippen MR) is 74.2 cm³/mol. The lowest BCUT2D eigenvalue weighted by Crippen LogP contribution is -2.48. The van der Waals surface area contributed by atoms with E-state index in [-0.39, 0.29) is 23.2 Å². The first kappa shape index (κ1) is 16.5. The van der Waals surface area contributed by atoms with Gasteiger partial charge in [0.1, 0.15) is 0 Å². The number of carboxylic acids is 1. The van der Waals surface area contributed by atoms with E-state index < -0.39 is 30.5 Å². The van der Waals surface area contributed by atoms with Gasteiger partial charge in [0.15, 0.2) is 0 Å². The highest BCUT2D eigenvalue weighted by molar-refractivity contribution is 6.00. The van der Waals surface area contributed by atoms with Crippen molar-refractivity contribution < 1.29 is 27.9 Å². The van der Waals surface area contributed by atoms with E-state index in [9.17, 15) is 22.8 Å². The number of benzene rings is 1. The molecule has 0 saturated heterocycles. The van der Waals surface area contributed by atoms with Crippen molar-refractivity contribution in [2.24, 2.45) is 0 Å². The van der Waals surface area contributed by atoms with Crippen LogP contribution in [0.5, 0.6) is 0 Å². The SMILES string of the molecule is N#CC1=Cc2ccccc2N(C(=O)C(F)(F)F)C(CC(=O)O)C1. The number of para-hydroxylation sites is 1. The number of amides is 1. The molecule has 0 saturated carbocycles. The fourth-order valence-electron chi connectivity index (χ4n) is 2.47. The lowest BCUT2D eigenvalue weighted by Gasteiger charge is -2.31. The van der Waals surface area contributed by atoms with Gasteiger partial charge in [-0.3, -0.25) is 14.5 Å². The second-order valence-electron chi connectivity index (χ2n) is 4.97. The van der Waals surface area contributed by atoms with Gasteiger partial charge in [0.2, 0.25) is 0 Å². The number of rotatable bonds is 2. The number of carbonyl (C=O) groups excluding carboxylic acids is 1. The van der Waals surface area contributed by atoms with E-state index in [0.29, 0.717) is 4.90 Å². The zero-order valence-electron chi connectivity index (χ0n) is 11.7. The number of alkyl halides is 3. The summed E-state index contributed by atoms with van der Waals surface area (Å²) in [6.07, 6.45) is -4.75. The molecule has 5 nitrogen and oxygen atoms in total. The molecule has 1 aliphatic heterocycles. The molecular weight excluding hydrogens is 313 g/mol. The van der Waals surface area contributed by atoms with E-state index in [1.165, 1.54) is 24.3 Å². The van der Waals surface area contributed by atoms with Gasteiger partial charge < -0.3 is 5.11 Å². The van der Waals surface area contributed by atoms with Crippen LogP contribution in [-0.2, 0) is 9.59 Å². The molecule has 1 aliphatic rings. The number of anilines is 1. The van der Waals surface area contributed by atoms with Crippen molar-refractivity contribution in [2.75, 3.05) is 4.90 Å². The molecule has 0 aromatic heterocycles. The third-order valence-electron chi connectivity index (χ3n) is 3.36. The molecule has 1 aromatic carbocycles. The van der Waals surface area contributed by atoms with Crippen LogP contribution in [0.25, 0.3) is 6.08 Å². The zero-order chi connectivity index (χ0) is 17.2. The molecule has 2 rings (SSSR count). The number of fused-ring (bicyclic) bond motifs is 1. The van der Waals surface area contributed by atoms with E-state index in [0.717, 1.165) is 0 Å². The summed E-state index contributed by atoms with van der Waals surface area (Å²) in [5, 5.41) is 18.0. The molecule has 1 aromatic rings. The van der Waals surface area contributed by atoms with Crippen molar-refractivity contribution in [3.8, 4) is 6.07 Å². The van der Waals surface area contributed by atoms with Crippen molar-refractivity contribution in [1.29, 1.82) is 5.26 Å². The molecule has 1 amide bonds. The van der Waals surface area contributed by atoms with Gasteiger partial charge in [-0.1, -0.05) is 18.2 Å². The van der Waals surface area contributed by atoms with Crippen molar-refractivity contribution in [2.45, 2.75) is 25.1 Å². The topological polar surface area (TPSA) is 81.4 Å². The number of hydrogen-bond acceptors (Lipinski definition) is 3. The standard InChI is InChI=1S/C15H11F3N2O3/c16-15(17,18)14(23)20-11(7-13(21)22)6-9(8-19)5-10-3-1-2-4-12(10)20/h1-5,11H,6-7H2,(H,21,22). The molecule has 0 fully saturated rings. The van der Waals surface area contributed by atoms with Gasteiger partial charge in [-0.25, -0.2) is 0 Å². The minimum atomic E-state index is -5.15. The van der Waals surface area contributed by atoms with Crippen LogP contribution in [-0.4, -0.2) is 29.2 Å². The fraction of sp³-hybridized carbons (Fsp3) is 0.267. The predicted octanol–water partition coefficient (Wildman–Crippen LogP) is 2.74. The summed E-state index contributed by atoms with van der Waals surface area (Å²) in [7, 11) is 0. The van der Waals surface area contributed by atoms with Crippen LogP contribution in [0.15, 0.2) is 29.8 Å². The summed E-state index contributed by atoms with van der Waals surface area (Å²) >= 11 is 0. The number of halogens is 3. The molecule has 23 heavy (non-hydrogen) atoms. The lowest BCUT2D eigenvalue weighted by molar-refractivity contribution is -0.171. The maximum atomic E-state index is 12.9. The van der Waals surface area contributed by atoms with Gasteiger partial charge in [-0.15, -0.1) is 0 Å². The first-order chi connectivity index (χ1) is 10.7. The van der Waals surface area contributed by atoms with Crippen molar-refractivity contribution in [3.63, 3.8) is 0 Å². The van der Waals surface area contributed by atoms with Crippen LogP contribution in [0.4, 0.5) is 18.9 Å². The maximum absolute atomic E-state index is 12.9. The van der Waals surface area contributed by atoms with Crippen LogP contribution < -0.4 is 4.90 Å². The monoisotopic (exact) mass is 324 g/mol. The second-order valence-corrected chi connectivity index (χ2v) is 4.97. The van der Waals surface area contributed by atoms with Crippen molar-refractivity contribution >= 4 is 23.6 Å². The maximum Gasteiger partial charge on any atom is 0.471 e. The van der Waals surface area contributed by atoms with Gasteiger partial charge in [0.25, 0.3) is 0 Å². The largest absolute Gasteiger partial charge is 0.481 e. The summed E-state index contributed by atoms with van der Waals surface area (Å²) < 4.78 is 38.8. The molecule has 1 unspecified atom stereocenters. The molecule has 0 spiro atoms. The zero-order valence-corrected chi connectivity index (χ0v) is 11.7. The quantitative estimate of drug-likeness (QED) is 0.907. The molecule has 1 atom stereocenters. The molecule has 1 heterocycles. The molecule has 0 radical (unpaired) electrons. The van der Waals surface area contributed by atoms with Crippen LogP contribution >= 0.6 is 0 Å². The van der Waals surface area contributed by atoms with Gasteiger partial charge in [-0.05, 0) is 17.7 Å². The fourth-order valence-corrected chi connectivity index (χ4v) is 2.47. The minimum absolute atomic E-state index is 0.0636. The van der Waals surface area contributed by atoms with Crippen LogP contribution in [0.2, 0.25) is 0 Å². The summed E-state index contributed by atoms with van der Waals surface area (Å²) in [6, 6.07) is 6.30. The van der Waals surface area contributed by atoms with Gasteiger partial charge in [0.05, 0.1) is 24.2 Å². The normalized spacial score (nSPS) is 17.6. The van der Waals surface area contributed by atoms with Crippen LogP contribution in [0.1, 0.15) is 18.4 Å². The second kappa shape index (κ2) is 6.12. The Morgan fingerprint density at radius 2 is 2.00 bits per heavy atom. The number of carbonyl (C=O) groups is 2. The molecule has 0 bridgehead atoms. The Morgan fingerprint density at radius 1 is 1.35 bits per heavy atom. The summed E-state index contributed by atoms with van der Waals surface area (Å²) in [6.45, 7) is 0. The summed E-state index contributed by atoms with van der Waals surface area (Å²) in [5.74, 6) is -3.50. The highest BCUT2D eigenvalue weighted by atomic mass is 19.4. The van der Waals surface area contributed by atoms with Crippen LogP contribution in [0, 0.1) is 11.3 Å². The number of nitrogens with zero attached hydrogens (tertiary/aromatic N) is 2. The number of aliphatic carboxylic acids is 1. The van der Waals surface area contributed by atoms with Crippen molar-refractivity contribution in [3.05, 3.63) is 35.4 Å². The average Bonchev–Trinajstić information content (AvgIpc) is 2.61. The molecule has 8 heteroatoms. The highest BCUT2D eigenvalue weighted by Gasteiger charge is 2.46. The highest BCUT2D eigenvalue weighted by Crippen LogP contribution is 2.35. The van der Waals surface area contributed by atoms with E-state index in [4.69, 9.17) is 10.4 Å². The summed E-state index contributed by atoms with van der Waals surface area (Å²) in [5.41, 5.74) is 0.307. The van der Waals surface area contributed by atoms with Crippen LogP contribution in [0.3, 0.4) is 0 Å². The minimum Gasteiger partial charge on any atom is -0.481 e. The van der Waals surface area contributed by atoms with E-state index >= 15 is 0 Å². The first-order valence-corrected chi connectivity index (χ1v) is 6.56. The number of nitriles is 1. The Morgan fingerprint density at radius 3 is 2.57 bits per heavy atom. The Labute approximate surface area is 129 Å². The Hall–Kier alpha value is -2.82. The van der Waals surface area contributed by atoms with E-state index in [1.807, 2.05) is 6.07 Å². The molecule has 120 valence electrons. The smallest absolute Gasteiger partial charge is 0.471 e. The third-order valence-corrected chi connectivity index (χ3v) is 3.36. The number of hydrogen-bond donors (Lipinski definition) is 1. The summed E-state index contributed by atoms with van der Waals surface area (Å²) in [4.78, 5) is 23.2. The number of carboxylic acid groups (broad SMARTS) is 1. The first-order valence-electron chi connectivity index (χ1n) is 6.56. The molecule has 0 aliphatic carbocycles. The van der Waals surface area contributed by atoms with Gasteiger partial charge >= 0.3 is 18.1 Å². The Kier molecular flexibility index (Phi) is 4.40. The lowest BCUT2D eigenvalue weighted by atomic mass is 10.0. The third kappa shape index (κ3) is 3.51. The van der Waals surface area contributed by atoms with E-state index in [1.54, 1.807) is 6.07 Å². The average molecular weight is 324 g/mol. The van der Waals surface area contributed by atoms with Crippen molar-refractivity contribution in [1.82, 2.24) is 0 Å².